The van der Waals surface area contributed by atoms with Gasteiger partial charge in [-0.1, -0.05) is 36.4 Å². The van der Waals surface area contributed by atoms with E-state index in [1.807, 2.05) is 0 Å². The Morgan fingerprint density at radius 1 is 1.19 bits per heavy atom. The maximum Gasteiger partial charge on any atom is 0.224 e. The number of carbonyl (C=O) groups excluding carboxylic acids is 1. The van der Waals surface area contributed by atoms with Gasteiger partial charge in [0.15, 0.2) is 0 Å². The van der Waals surface area contributed by atoms with Gasteiger partial charge in [-0.25, -0.2) is 4.39 Å². The van der Waals surface area contributed by atoms with Crippen LogP contribution in [-0.2, 0) is 17.6 Å². The van der Waals surface area contributed by atoms with Gasteiger partial charge >= 0.3 is 0 Å². The van der Waals surface area contributed by atoms with Crippen LogP contribution >= 0.6 is 0 Å². The maximum absolute atomic E-state index is 13.1. The third-order valence-corrected chi connectivity index (χ3v) is 4.62. The molecule has 2 aliphatic carbocycles. The number of rotatable bonds is 3. The molecule has 0 bridgehead atoms. The van der Waals surface area contributed by atoms with Crippen LogP contribution in [0.3, 0.4) is 0 Å². The molecule has 0 heterocycles. The molecule has 0 spiro atoms. The predicted octanol–water partition coefficient (Wildman–Crippen LogP) is 2.82. The van der Waals surface area contributed by atoms with E-state index in [-0.39, 0.29) is 24.2 Å². The Labute approximate surface area is 123 Å². The van der Waals surface area contributed by atoms with Crippen LogP contribution in [0, 0.1) is 11.7 Å². The van der Waals surface area contributed by atoms with E-state index in [1.54, 1.807) is 12.1 Å². The van der Waals surface area contributed by atoms with Gasteiger partial charge in [-0.05, 0) is 41.2 Å². The smallest absolute Gasteiger partial charge is 0.224 e. The number of carbonyl (C=O) groups is 1. The van der Waals surface area contributed by atoms with Crippen LogP contribution < -0.4 is 5.32 Å². The SMILES string of the molecule is O=C(Cc1cccc(F)c1)N[C@@H]1[C@@H]2Cc3ccccc3[C@H]21. The Bertz CT molecular complexity index is 712. The molecule has 0 aliphatic heterocycles. The molecule has 4 rings (SSSR count). The van der Waals surface area contributed by atoms with Crippen LogP contribution in [0.25, 0.3) is 0 Å². The zero-order chi connectivity index (χ0) is 14.4. The molecule has 3 atom stereocenters. The molecule has 0 unspecified atom stereocenters. The quantitative estimate of drug-likeness (QED) is 0.921. The summed E-state index contributed by atoms with van der Waals surface area (Å²) in [4.78, 5) is 12.1. The summed E-state index contributed by atoms with van der Waals surface area (Å²) in [5.41, 5.74) is 3.53. The summed E-state index contributed by atoms with van der Waals surface area (Å²) in [7, 11) is 0. The van der Waals surface area contributed by atoms with Crippen molar-refractivity contribution in [3.8, 4) is 0 Å². The monoisotopic (exact) mass is 281 g/mol. The van der Waals surface area contributed by atoms with Crippen LogP contribution in [-0.4, -0.2) is 11.9 Å². The van der Waals surface area contributed by atoms with Crippen LogP contribution in [0.4, 0.5) is 4.39 Å². The van der Waals surface area contributed by atoms with Gasteiger partial charge in [0.25, 0.3) is 0 Å². The molecule has 2 aromatic rings. The van der Waals surface area contributed by atoms with E-state index in [9.17, 15) is 9.18 Å². The van der Waals surface area contributed by atoms with Crippen molar-refractivity contribution in [1.29, 1.82) is 0 Å². The van der Waals surface area contributed by atoms with Crippen molar-refractivity contribution in [3.63, 3.8) is 0 Å². The van der Waals surface area contributed by atoms with Crippen LogP contribution in [0.5, 0.6) is 0 Å². The zero-order valence-corrected chi connectivity index (χ0v) is 11.6. The first-order chi connectivity index (χ1) is 10.2. The number of hydrogen-bond acceptors (Lipinski definition) is 1. The second-order valence-corrected chi connectivity index (χ2v) is 5.99. The van der Waals surface area contributed by atoms with E-state index in [0.717, 1.165) is 12.0 Å². The summed E-state index contributed by atoms with van der Waals surface area (Å²) in [6.45, 7) is 0. The van der Waals surface area contributed by atoms with Gasteiger partial charge in [-0.15, -0.1) is 0 Å². The lowest BCUT2D eigenvalue weighted by atomic mass is 10.0. The number of nitrogens with one attached hydrogen (secondary N) is 1. The van der Waals surface area contributed by atoms with E-state index in [2.05, 4.69) is 29.6 Å². The highest BCUT2D eigenvalue weighted by atomic mass is 19.1. The minimum absolute atomic E-state index is 0.0162. The summed E-state index contributed by atoms with van der Waals surface area (Å²) in [5, 5.41) is 3.10. The van der Waals surface area contributed by atoms with Gasteiger partial charge in [0.05, 0.1) is 6.42 Å². The second-order valence-electron chi connectivity index (χ2n) is 5.99. The molecule has 2 nitrogen and oxygen atoms in total. The number of fused-ring (bicyclic) bond motifs is 3. The molecular formula is C18H16FNO. The predicted molar refractivity (Wildman–Crippen MR) is 78.4 cm³/mol. The Hall–Kier alpha value is -2.16. The lowest BCUT2D eigenvalue weighted by Crippen LogP contribution is -2.30. The molecule has 2 aliphatic rings. The van der Waals surface area contributed by atoms with Gasteiger partial charge < -0.3 is 5.32 Å². The normalized spacial score (nSPS) is 25.1. The van der Waals surface area contributed by atoms with Crippen molar-refractivity contribution in [2.24, 2.45) is 5.92 Å². The van der Waals surface area contributed by atoms with Crippen LogP contribution in [0.1, 0.15) is 22.6 Å². The molecular weight excluding hydrogens is 265 g/mol. The third kappa shape index (κ3) is 2.23. The standard InChI is InChI=1S/C18H16FNO/c19-13-6-3-4-11(8-13)9-16(21)20-18-15-10-12-5-1-2-7-14(12)17(15)18/h1-8,15,17-18H,9-10H2,(H,20,21)/t15-,17-,18-/m1/s1. The zero-order valence-electron chi connectivity index (χ0n) is 11.6. The van der Waals surface area contributed by atoms with Crippen molar-refractivity contribution < 1.29 is 9.18 Å². The van der Waals surface area contributed by atoms with Crippen LogP contribution in [0.2, 0.25) is 0 Å². The molecule has 3 heteroatoms. The highest BCUT2D eigenvalue weighted by molar-refractivity contribution is 5.79. The van der Waals surface area contributed by atoms with E-state index < -0.39 is 0 Å². The molecule has 1 saturated carbocycles. The average Bonchev–Trinajstić information content (AvgIpc) is 2.96. The molecule has 1 amide bonds. The van der Waals surface area contributed by atoms with Gasteiger partial charge in [-0.2, -0.15) is 0 Å². The first kappa shape index (κ1) is 12.6. The number of benzene rings is 2. The summed E-state index contributed by atoms with van der Waals surface area (Å²) in [6, 6.07) is 15.0. The van der Waals surface area contributed by atoms with Crippen molar-refractivity contribution in [2.75, 3.05) is 0 Å². The highest BCUT2D eigenvalue weighted by Crippen LogP contribution is 2.56. The van der Waals surface area contributed by atoms with E-state index in [1.165, 1.54) is 23.3 Å². The molecule has 0 radical (unpaired) electrons. The van der Waals surface area contributed by atoms with Crippen molar-refractivity contribution in [3.05, 3.63) is 71.0 Å². The molecule has 0 aromatic heterocycles. The summed E-state index contributed by atoms with van der Waals surface area (Å²) >= 11 is 0. The fraction of sp³-hybridized carbons (Fsp3) is 0.278. The van der Waals surface area contributed by atoms with Crippen molar-refractivity contribution >= 4 is 5.91 Å². The van der Waals surface area contributed by atoms with Crippen LogP contribution in [0.15, 0.2) is 48.5 Å². The lowest BCUT2D eigenvalue weighted by Gasteiger charge is -2.09. The Balaban J connectivity index is 1.40. The highest BCUT2D eigenvalue weighted by Gasteiger charge is 2.56. The molecule has 0 saturated heterocycles. The lowest BCUT2D eigenvalue weighted by molar-refractivity contribution is -0.120. The summed E-state index contributed by atoms with van der Waals surface area (Å²) in [6.07, 6.45) is 1.31. The van der Waals surface area contributed by atoms with Gasteiger partial charge in [-0.3, -0.25) is 4.79 Å². The van der Waals surface area contributed by atoms with Gasteiger partial charge in [0, 0.05) is 12.0 Å². The molecule has 106 valence electrons. The first-order valence-electron chi connectivity index (χ1n) is 7.34. The minimum atomic E-state index is -0.294. The Kier molecular flexibility index (Phi) is 2.81. The molecule has 1 N–H and O–H groups in total. The topological polar surface area (TPSA) is 29.1 Å². The van der Waals surface area contributed by atoms with Gasteiger partial charge in [0.1, 0.15) is 5.82 Å². The number of hydrogen-bond donors (Lipinski definition) is 1. The van der Waals surface area contributed by atoms with E-state index in [0.29, 0.717) is 11.8 Å². The van der Waals surface area contributed by atoms with Crippen molar-refractivity contribution in [2.45, 2.75) is 24.8 Å². The minimum Gasteiger partial charge on any atom is -0.352 e. The fourth-order valence-electron chi connectivity index (χ4n) is 3.62. The number of amides is 1. The summed E-state index contributed by atoms with van der Waals surface area (Å²) < 4.78 is 13.1. The average molecular weight is 281 g/mol. The molecule has 21 heavy (non-hydrogen) atoms. The van der Waals surface area contributed by atoms with E-state index in [4.69, 9.17) is 0 Å². The largest absolute Gasteiger partial charge is 0.352 e. The second kappa shape index (κ2) is 4.69. The summed E-state index contributed by atoms with van der Waals surface area (Å²) in [5.74, 6) is 0.728. The molecule has 1 fully saturated rings. The Morgan fingerprint density at radius 2 is 2.05 bits per heavy atom. The molecule has 2 aromatic carbocycles. The van der Waals surface area contributed by atoms with E-state index >= 15 is 0 Å². The van der Waals surface area contributed by atoms with Gasteiger partial charge in [0.2, 0.25) is 5.91 Å². The van der Waals surface area contributed by atoms with Crippen molar-refractivity contribution in [1.82, 2.24) is 5.32 Å². The number of halogens is 1. The maximum atomic E-state index is 13.1. The Morgan fingerprint density at radius 3 is 2.90 bits per heavy atom. The first-order valence-corrected chi connectivity index (χ1v) is 7.34. The fourth-order valence-corrected chi connectivity index (χ4v) is 3.62. The third-order valence-electron chi connectivity index (χ3n) is 4.62.